The number of carbonyl (C=O) groups is 1. The third-order valence-electron chi connectivity index (χ3n) is 1.33. The van der Waals surface area contributed by atoms with Crippen molar-refractivity contribution in [3.63, 3.8) is 0 Å². The average molecular weight is 135 g/mol. The van der Waals surface area contributed by atoms with Crippen LogP contribution in [0.5, 0.6) is 0 Å². The van der Waals surface area contributed by atoms with Crippen molar-refractivity contribution in [1.29, 1.82) is 0 Å². The van der Waals surface area contributed by atoms with Gasteiger partial charge in [-0.3, -0.25) is 9.79 Å². The fraction of sp³-hybridized carbons (Fsp3) is 0.250. The fourth-order valence-corrected chi connectivity index (χ4v) is 0.726. The molecule has 0 atom stereocenters. The summed E-state index contributed by atoms with van der Waals surface area (Å²) in [6.45, 7) is 1.56. The van der Waals surface area contributed by atoms with Gasteiger partial charge in [0.25, 0.3) is 0 Å². The summed E-state index contributed by atoms with van der Waals surface area (Å²) < 4.78 is 0. The van der Waals surface area contributed by atoms with Crippen LogP contribution in [-0.4, -0.2) is 12.0 Å². The molecule has 0 saturated heterocycles. The zero-order valence-electron chi connectivity index (χ0n) is 5.87. The predicted molar refractivity (Wildman–Crippen MR) is 41.0 cm³/mol. The summed E-state index contributed by atoms with van der Waals surface area (Å²) in [4.78, 5) is 14.7. The highest BCUT2D eigenvalue weighted by molar-refractivity contribution is 5.94. The molecule has 0 aliphatic carbocycles. The molecule has 0 saturated carbocycles. The highest BCUT2D eigenvalue weighted by Gasteiger charge is 2.00. The van der Waals surface area contributed by atoms with Crippen LogP contribution in [0.1, 0.15) is 13.3 Å². The van der Waals surface area contributed by atoms with Gasteiger partial charge in [-0.1, -0.05) is 6.08 Å². The Bertz CT molecular complexity index is 223. The molecule has 0 aromatic rings. The summed E-state index contributed by atoms with van der Waals surface area (Å²) in [5.74, 6) is 0.101. The van der Waals surface area contributed by atoms with Crippen molar-refractivity contribution in [3.8, 4) is 0 Å². The lowest BCUT2D eigenvalue weighted by Crippen LogP contribution is -1.93. The van der Waals surface area contributed by atoms with Crippen molar-refractivity contribution in [2.75, 3.05) is 0 Å². The minimum atomic E-state index is 0.101. The highest BCUT2D eigenvalue weighted by atomic mass is 16.1. The molecule has 1 heterocycles. The van der Waals surface area contributed by atoms with Crippen molar-refractivity contribution in [1.82, 2.24) is 0 Å². The van der Waals surface area contributed by atoms with Gasteiger partial charge in [-0.25, -0.2) is 0 Å². The van der Waals surface area contributed by atoms with Gasteiger partial charge >= 0.3 is 0 Å². The van der Waals surface area contributed by atoms with E-state index < -0.39 is 0 Å². The van der Waals surface area contributed by atoms with Crippen LogP contribution in [0.4, 0.5) is 0 Å². The number of nitrogens with zero attached hydrogens (tertiary/aromatic N) is 1. The monoisotopic (exact) mass is 135 g/mol. The SMILES string of the molecule is CC(=O)C1=CN=CC=CC1. The molecular formula is C8H9NO. The van der Waals surface area contributed by atoms with Crippen LogP contribution in [0.25, 0.3) is 0 Å². The maximum atomic E-state index is 10.8. The summed E-state index contributed by atoms with van der Waals surface area (Å²) in [6, 6.07) is 0. The Labute approximate surface area is 60.0 Å². The maximum absolute atomic E-state index is 10.8. The van der Waals surface area contributed by atoms with E-state index in [2.05, 4.69) is 4.99 Å². The first-order valence-electron chi connectivity index (χ1n) is 3.19. The number of hydrogen-bond donors (Lipinski definition) is 0. The van der Waals surface area contributed by atoms with E-state index in [1.807, 2.05) is 12.2 Å². The summed E-state index contributed by atoms with van der Waals surface area (Å²) >= 11 is 0. The number of allylic oxidation sites excluding steroid dienone is 3. The second-order valence-corrected chi connectivity index (χ2v) is 2.14. The van der Waals surface area contributed by atoms with Gasteiger partial charge in [-0.05, 0) is 19.4 Å². The van der Waals surface area contributed by atoms with E-state index in [-0.39, 0.29) is 5.78 Å². The molecule has 0 aromatic heterocycles. The van der Waals surface area contributed by atoms with Gasteiger partial charge < -0.3 is 0 Å². The number of Topliss-reactive ketones (excluding diaryl/α,β-unsaturated/α-hetero) is 1. The van der Waals surface area contributed by atoms with Gasteiger partial charge in [0.2, 0.25) is 0 Å². The summed E-state index contributed by atoms with van der Waals surface area (Å²) in [6.07, 6.45) is 7.75. The normalized spacial score (nSPS) is 16.3. The van der Waals surface area contributed by atoms with Crippen molar-refractivity contribution in [2.24, 2.45) is 4.99 Å². The molecule has 1 rings (SSSR count). The zero-order chi connectivity index (χ0) is 7.40. The van der Waals surface area contributed by atoms with Gasteiger partial charge in [0, 0.05) is 18.0 Å². The molecule has 1 aliphatic rings. The molecule has 0 fully saturated rings. The number of carbonyl (C=O) groups excluding carboxylic acids is 1. The van der Waals surface area contributed by atoms with Gasteiger partial charge in [-0.2, -0.15) is 0 Å². The van der Waals surface area contributed by atoms with E-state index in [0.717, 1.165) is 5.57 Å². The van der Waals surface area contributed by atoms with E-state index in [1.165, 1.54) is 0 Å². The minimum Gasteiger partial charge on any atom is -0.295 e. The van der Waals surface area contributed by atoms with Gasteiger partial charge in [0.05, 0.1) is 0 Å². The largest absolute Gasteiger partial charge is 0.295 e. The Kier molecular flexibility index (Phi) is 2.15. The van der Waals surface area contributed by atoms with Crippen molar-refractivity contribution in [2.45, 2.75) is 13.3 Å². The molecule has 0 aromatic carbocycles. The molecule has 0 unspecified atom stereocenters. The van der Waals surface area contributed by atoms with Crippen molar-refractivity contribution in [3.05, 3.63) is 23.9 Å². The summed E-state index contributed by atoms with van der Waals surface area (Å²) in [7, 11) is 0. The van der Waals surface area contributed by atoms with Crippen LogP contribution in [0.2, 0.25) is 0 Å². The standard InChI is InChI=1S/C8H9NO/c1-7(10)8-4-2-3-5-9-6-8/h2-3,5-6H,4H2,1H3. The molecule has 10 heavy (non-hydrogen) atoms. The molecule has 0 bridgehead atoms. The number of rotatable bonds is 1. The van der Waals surface area contributed by atoms with Crippen LogP contribution in [-0.2, 0) is 4.79 Å². The van der Waals surface area contributed by atoms with Crippen molar-refractivity contribution < 1.29 is 4.79 Å². The maximum Gasteiger partial charge on any atom is 0.157 e. The lowest BCUT2D eigenvalue weighted by atomic mass is 10.1. The molecule has 52 valence electrons. The molecule has 0 amide bonds. The molecule has 0 radical (unpaired) electrons. The van der Waals surface area contributed by atoms with E-state index in [9.17, 15) is 4.79 Å². The van der Waals surface area contributed by atoms with Gasteiger partial charge in [0.15, 0.2) is 5.78 Å². The van der Waals surface area contributed by atoms with E-state index in [0.29, 0.717) is 6.42 Å². The van der Waals surface area contributed by atoms with Crippen LogP contribution in [0.3, 0.4) is 0 Å². The smallest absolute Gasteiger partial charge is 0.157 e. The first-order chi connectivity index (χ1) is 4.80. The lowest BCUT2D eigenvalue weighted by Gasteiger charge is -1.92. The molecule has 2 heteroatoms. The second kappa shape index (κ2) is 3.11. The Morgan fingerprint density at radius 3 is 3.20 bits per heavy atom. The quantitative estimate of drug-likeness (QED) is 0.535. The molecule has 0 N–H and O–H groups in total. The molecule has 1 aliphatic heterocycles. The first kappa shape index (κ1) is 6.93. The van der Waals surface area contributed by atoms with Crippen LogP contribution in [0.15, 0.2) is 28.9 Å². The van der Waals surface area contributed by atoms with E-state index in [4.69, 9.17) is 0 Å². The van der Waals surface area contributed by atoms with Crippen LogP contribution in [0, 0.1) is 0 Å². The van der Waals surface area contributed by atoms with E-state index in [1.54, 1.807) is 19.3 Å². The Morgan fingerprint density at radius 1 is 1.70 bits per heavy atom. The second-order valence-electron chi connectivity index (χ2n) is 2.14. The first-order valence-corrected chi connectivity index (χ1v) is 3.19. The number of ketones is 1. The number of hydrogen-bond acceptors (Lipinski definition) is 2. The number of aliphatic imine (C=N–C) groups is 1. The molecule has 0 spiro atoms. The summed E-state index contributed by atoms with van der Waals surface area (Å²) in [5, 5.41) is 0. The zero-order valence-corrected chi connectivity index (χ0v) is 5.87. The van der Waals surface area contributed by atoms with Gasteiger partial charge in [0.1, 0.15) is 0 Å². The molecular weight excluding hydrogens is 126 g/mol. The summed E-state index contributed by atoms with van der Waals surface area (Å²) in [5.41, 5.74) is 0.769. The van der Waals surface area contributed by atoms with E-state index >= 15 is 0 Å². The fourth-order valence-electron chi connectivity index (χ4n) is 0.726. The Balaban J connectivity index is 2.78. The third-order valence-corrected chi connectivity index (χ3v) is 1.33. The van der Waals surface area contributed by atoms with Crippen molar-refractivity contribution >= 4 is 12.0 Å². The third kappa shape index (κ3) is 1.65. The van der Waals surface area contributed by atoms with Crippen LogP contribution < -0.4 is 0 Å². The Morgan fingerprint density at radius 2 is 2.50 bits per heavy atom. The highest BCUT2D eigenvalue weighted by Crippen LogP contribution is 2.05. The predicted octanol–water partition coefficient (Wildman–Crippen LogP) is 1.49. The Hall–Kier alpha value is -1.18. The topological polar surface area (TPSA) is 29.4 Å². The van der Waals surface area contributed by atoms with Crippen LogP contribution >= 0.6 is 0 Å². The minimum absolute atomic E-state index is 0.101. The molecule has 2 nitrogen and oxygen atoms in total. The average Bonchev–Trinajstić information content (AvgIpc) is 2.12. The van der Waals surface area contributed by atoms with Gasteiger partial charge in [-0.15, -0.1) is 0 Å². The lowest BCUT2D eigenvalue weighted by molar-refractivity contribution is -0.113.